The molecule has 0 saturated heterocycles. The number of ether oxygens (including phenoxy) is 2. The van der Waals surface area contributed by atoms with E-state index in [-0.39, 0.29) is 0 Å². The van der Waals surface area contributed by atoms with E-state index in [1.807, 2.05) is 43.3 Å². The van der Waals surface area contributed by atoms with E-state index in [9.17, 15) is 0 Å². The van der Waals surface area contributed by atoms with Crippen molar-refractivity contribution in [2.45, 2.75) is 13.5 Å². The minimum absolute atomic E-state index is 0.409. The topological polar surface area (TPSA) is 54.9 Å². The van der Waals surface area contributed by atoms with Crippen LogP contribution in [0.15, 0.2) is 46.0 Å². The minimum atomic E-state index is 0.409. The van der Waals surface area contributed by atoms with Crippen LogP contribution in [0.1, 0.15) is 18.1 Å². The van der Waals surface area contributed by atoms with Crippen molar-refractivity contribution in [3.63, 3.8) is 0 Å². The van der Waals surface area contributed by atoms with Crippen molar-refractivity contribution in [2.75, 3.05) is 13.7 Å². The lowest BCUT2D eigenvalue weighted by molar-refractivity contribution is 0.284. The molecule has 0 aliphatic heterocycles. The Bertz CT molecular complexity index is 785. The molecule has 8 heteroatoms. The Labute approximate surface area is 171 Å². The number of benzene rings is 2. The van der Waals surface area contributed by atoms with Gasteiger partial charge in [0.2, 0.25) is 0 Å². The summed E-state index contributed by atoms with van der Waals surface area (Å²) in [4.78, 5) is 0. The zero-order chi connectivity index (χ0) is 18.9. The summed E-state index contributed by atoms with van der Waals surface area (Å²) in [5.74, 6) is 1.24. The van der Waals surface area contributed by atoms with Gasteiger partial charge in [-0.2, -0.15) is 5.10 Å². The molecule has 0 fully saturated rings. The van der Waals surface area contributed by atoms with Gasteiger partial charge in [0.25, 0.3) is 0 Å². The molecule has 0 bridgehead atoms. The third kappa shape index (κ3) is 6.16. The third-order valence-corrected chi connectivity index (χ3v) is 4.47. The van der Waals surface area contributed by atoms with Gasteiger partial charge in [0.05, 0.1) is 13.3 Å². The number of rotatable bonds is 7. The first-order chi connectivity index (χ1) is 12.5. The van der Waals surface area contributed by atoms with Crippen molar-refractivity contribution in [1.29, 1.82) is 0 Å². The van der Waals surface area contributed by atoms with E-state index >= 15 is 0 Å². The number of methoxy groups -OCH3 is 1. The van der Waals surface area contributed by atoms with E-state index in [1.165, 1.54) is 0 Å². The van der Waals surface area contributed by atoms with Gasteiger partial charge in [0.15, 0.2) is 16.6 Å². The van der Waals surface area contributed by atoms with Gasteiger partial charge in [-0.15, -0.1) is 0 Å². The molecule has 0 aromatic heterocycles. The van der Waals surface area contributed by atoms with E-state index in [0.717, 1.165) is 22.1 Å². The predicted octanol–water partition coefficient (Wildman–Crippen LogP) is 4.51. The fraction of sp³-hybridized carbons (Fsp3) is 0.222. The van der Waals surface area contributed by atoms with E-state index in [2.05, 4.69) is 31.8 Å². The van der Waals surface area contributed by atoms with Crippen LogP contribution >= 0.6 is 39.7 Å². The molecule has 0 atom stereocenters. The van der Waals surface area contributed by atoms with E-state index < -0.39 is 0 Å². The van der Waals surface area contributed by atoms with Crippen LogP contribution in [0, 0.1) is 0 Å². The number of hydrogen-bond acceptors (Lipinski definition) is 4. The van der Waals surface area contributed by atoms with Gasteiger partial charge in [-0.3, -0.25) is 5.43 Å². The molecule has 0 saturated carbocycles. The first-order valence-corrected chi connectivity index (χ1v) is 9.43. The molecule has 0 aliphatic rings. The zero-order valence-corrected chi connectivity index (χ0v) is 17.5. The fourth-order valence-corrected chi connectivity index (χ4v) is 2.77. The summed E-state index contributed by atoms with van der Waals surface area (Å²) in [6.07, 6.45) is 1.65. The molecule has 2 aromatic carbocycles. The molecule has 0 unspecified atom stereocenters. The fourth-order valence-electron chi connectivity index (χ4n) is 2.02. The van der Waals surface area contributed by atoms with Crippen LogP contribution in [0.25, 0.3) is 0 Å². The summed E-state index contributed by atoms with van der Waals surface area (Å²) in [6, 6.07) is 11.2. The smallest absolute Gasteiger partial charge is 0.186 e. The van der Waals surface area contributed by atoms with Crippen LogP contribution in [0.5, 0.6) is 11.5 Å². The molecule has 2 N–H and O–H groups in total. The molecular formula is C18H19BrClN3O2S. The molecular weight excluding hydrogens is 438 g/mol. The summed E-state index contributed by atoms with van der Waals surface area (Å²) in [5, 5.41) is 8.23. The highest BCUT2D eigenvalue weighted by Crippen LogP contribution is 2.33. The quantitative estimate of drug-likeness (QED) is 0.365. The van der Waals surface area contributed by atoms with Crippen molar-refractivity contribution in [3.05, 3.63) is 57.0 Å². The molecule has 0 spiro atoms. The summed E-state index contributed by atoms with van der Waals surface area (Å²) < 4.78 is 12.1. The molecule has 2 aromatic rings. The first-order valence-electron chi connectivity index (χ1n) is 7.85. The molecule has 2 rings (SSSR count). The lowest BCUT2D eigenvalue weighted by Crippen LogP contribution is -2.31. The lowest BCUT2D eigenvalue weighted by Gasteiger charge is -2.13. The Hall–Kier alpha value is -1.83. The van der Waals surface area contributed by atoms with E-state index in [0.29, 0.717) is 28.2 Å². The molecule has 0 amide bonds. The van der Waals surface area contributed by atoms with E-state index in [1.54, 1.807) is 13.3 Å². The summed E-state index contributed by atoms with van der Waals surface area (Å²) in [5.41, 5.74) is 4.59. The Kier molecular flexibility index (Phi) is 8.15. The second-order valence-corrected chi connectivity index (χ2v) is 6.87. The average Bonchev–Trinajstić information content (AvgIpc) is 2.63. The molecule has 26 heavy (non-hydrogen) atoms. The van der Waals surface area contributed by atoms with Gasteiger partial charge in [0.1, 0.15) is 6.61 Å². The highest BCUT2D eigenvalue weighted by atomic mass is 79.9. The zero-order valence-electron chi connectivity index (χ0n) is 14.4. The summed E-state index contributed by atoms with van der Waals surface area (Å²) >= 11 is 14.5. The van der Waals surface area contributed by atoms with Gasteiger partial charge in [-0.1, -0.05) is 23.7 Å². The van der Waals surface area contributed by atoms with Crippen LogP contribution < -0.4 is 20.2 Å². The van der Waals surface area contributed by atoms with Gasteiger partial charge in [-0.25, -0.2) is 0 Å². The second kappa shape index (κ2) is 10.4. The SMILES string of the molecule is CCNC(=S)NN=Cc1cc(OC)c(OCc2ccc(Cl)cc2)cc1Br. The van der Waals surface area contributed by atoms with Crippen molar-refractivity contribution in [2.24, 2.45) is 5.10 Å². The average molecular weight is 457 g/mol. The largest absolute Gasteiger partial charge is 0.493 e. The Morgan fingerprint density at radius 2 is 2.00 bits per heavy atom. The first kappa shape index (κ1) is 20.5. The Morgan fingerprint density at radius 1 is 1.27 bits per heavy atom. The molecule has 0 aliphatic carbocycles. The molecule has 5 nitrogen and oxygen atoms in total. The number of hydrazone groups is 1. The molecule has 0 radical (unpaired) electrons. The highest BCUT2D eigenvalue weighted by molar-refractivity contribution is 9.10. The van der Waals surface area contributed by atoms with Crippen molar-refractivity contribution in [3.8, 4) is 11.5 Å². The van der Waals surface area contributed by atoms with Crippen molar-refractivity contribution >= 4 is 51.1 Å². The Balaban J connectivity index is 2.08. The van der Waals surface area contributed by atoms with Crippen LogP contribution in [0.3, 0.4) is 0 Å². The number of thiocarbonyl (C=S) groups is 1. The normalized spacial score (nSPS) is 10.6. The van der Waals surface area contributed by atoms with Crippen molar-refractivity contribution < 1.29 is 9.47 Å². The standard InChI is InChI=1S/C18H19BrClN3O2S/c1-3-21-18(26)23-22-10-13-8-16(24-2)17(9-15(13)19)25-11-12-4-6-14(20)7-5-12/h4-10H,3,11H2,1-2H3,(H2,21,23,26). The van der Waals surface area contributed by atoms with E-state index in [4.69, 9.17) is 33.3 Å². The summed E-state index contributed by atoms with van der Waals surface area (Å²) in [7, 11) is 1.60. The van der Waals surface area contributed by atoms with Crippen LogP contribution in [-0.4, -0.2) is 25.0 Å². The monoisotopic (exact) mass is 455 g/mol. The van der Waals surface area contributed by atoms with Gasteiger partial charge >= 0.3 is 0 Å². The maximum atomic E-state index is 5.90. The van der Waals surface area contributed by atoms with Crippen LogP contribution in [-0.2, 0) is 6.61 Å². The maximum Gasteiger partial charge on any atom is 0.186 e. The maximum absolute atomic E-state index is 5.90. The van der Waals surface area contributed by atoms with Gasteiger partial charge in [0, 0.05) is 21.6 Å². The number of hydrogen-bond donors (Lipinski definition) is 2. The minimum Gasteiger partial charge on any atom is -0.493 e. The highest BCUT2D eigenvalue weighted by Gasteiger charge is 2.10. The molecule has 0 heterocycles. The predicted molar refractivity (Wildman–Crippen MR) is 113 cm³/mol. The summed E-state index contributed by atoms with van der Waals surface area (Å²) in [6.45, 7) is 3.10. The van der Waals surface area contributed by atoms with Crippen molar-refractivity contribution in [1.82, 2.24) is 10.7 Å². The number of halogens is 2. The second-order valence-electron chi connectivity index (χ2n) is 5.17. The number of nitrogens with one attached hydrogen (secondary N) is 2. The van der Waals surface area contributed by atoms with Gasteiger partial charge in [-0.05, 0) is 64.9 Å². The van der Waals surface area contributed by atoms with Crippen LogP contribution in [0.4, 0.5) is 0 Å². The van der Waals surface area contributed by atoms with Crippen LogP contribution in [0.2, 0.25) is 5.02 Å². The third-order valence-electron chi connectivity index (χ3n) is 3.30. The molecule has 138 valence electrons. The van der Waals surface area contributed by atoms with Gasteiger partial charge < -0.3 is 14.8 Å². The lowest BCUT2D eigenvalue weighted by atomic mass is 10.2. The Morgan fingerprint density at radius 3 is 2.65 bits per heavy atom. The number of nitrogens with zero attached hydrogens (tertiary/aromatic N) is 1.